The highest BCUT2D eigenvalue weighted by molar-refractivity contribution is 7.99. The third kappa shape index (κ3) is 3.22. The highest BCUT2D eigenvalue weighted by atomic mass is 32.2. The second-order valence-electron chi connectivity index (χ2n) is 6.87. The minimum atomic E-state index is 0.293. The van der Waals surface area contributed by atoms with Crippen molar-refractivity contribution >= 4 is 17.7 Å². The molecule has 0 spiro atoms. The maximum atomic E-state index is 9.66. The van der Waals surface area contributed by atoms with Crippen LogP contribution in [0.3, 0.4) is 0 Å². The van der Waals surface area contributed by atoms with Crippen molar-refractivity contribution in [3.05, 3.63) is 35.2 Å². The molecule has 134 valence electrons. The van der Waals surface area contributed by atoms with E-state index in [4.69, 9.17) is 0 Å². The first-order chi connectivity index (χ1) is 12.1. The van der Waals surface area contributed by atoms with E-state index in [1.54, 1.807) is 6.07 Å². The summed E-state index contributed by atoms with van der Waals surface area (Å²) in [5.41, 5.74) is 2.49. The van der Waals surface area contributed by atoms with Crippen molar-refractivity contribution in [2.75, 3.05) is 36.0 Å². The smallest absolute Gasteiger partial charge is 0.227 e. The Morgan fingerprint density at radius 3 is 2.72 bits per heavy atom. The monoisotopic (exact) mass is 359 g/mol. The van der Waals surface area contributed by atoms with Gasteiger partial charge < -0.3 is 10.0 Å². The lowest BCUT2D eigenvalue weighted by Gasteiger charge is -2.32. The number of phenols is 1. The predicted molar refractivity (Wildman–Crippen MR) is 101 cm³/mol. The molecule has 25 heavy (non-hydrogen) atoms. The van der Waals surface area contributed by atoms with Crippen LogP contribution in [0.1, 0.15) is 29.9 Å². The van der Waals surface area contributed by atoms with Crippen LogP contribution < -0.4 is 4.90 Å². The lowest BCUT2D eigenvalue weighted by Crippen LogP contribution is -2.36. The molecule has 2 aliphatic heterocycles. The lowest BCUT2D eigenvalue weighted by molar-refractivity contribution is 0.221. The van der Waals surface area contributed by atoms with Gasteiger partial charge in [0.1, 0.15) is 5.75 Å². The van der Waals surface area contributed by atoms with Crippen molar-refractivity contribution in [2.24, 2.45) is 7.05 Å². The molecule has 1 aromatic heterocycles. The number of phenolic OH excluding ortho intramolecular Hbond substituents is 1. The van der Waals surface area contributed by atoms with E-state index in [0.717, 1.165) is 44.4 Å². The van der Waals surface area contributed by atoms with Gasteiger partial charge in [0.25, 0.3) is 0 Å². The fourth-order valence-electron chi connectivity index (χ4n) is 3.81. The van der Waals surface area contributed by atoms with Crippen LogP contribution in [-0.4, -0.2) is 55.9 Å². The number of hydrogen-bond acceptors (Lipinski definition) is 6. The number of benzene rings is 1. The zero-order valence-corrected chi connectivity index (χ0v) is 15.7. The first-order valence-corrected chi connectivity index (χ1v) is 10.1. The van der Waals surface area contributed by atoms with E-state index in [-0.39, 0.29) is 0 Å². The Morgan fingerprint density at radius 1 is 1.12 bits per heavy atom. The summed E-state index contributed by atoms with van der Waals surface area (Å²) in [6.45, 7) is 6.19. The van der Waals surface area contributed by atoms with Crippen LogP contribution in [0, 0.1) is 0 Å². The Balaban J connectivity index is 1.54. The van der Waals surface area contributed by atoms with E-state index in [2.05, 4.69) is 38.5 Å². The average Bonchev–Trinajstić information content (AvgIpc) is 3.03. The van der Waals surface area contributed by atoms with Crippen LogP contribution in [0.5, 0.6) is 5.75 Å². The molecule has 4 rings (SSSR count). The zero-order valence-electron chi connectivity index (χ0n) is 14.9. The standard InChI is InChI=1S/C18H25N5OS/c1-13(22-7-9-25-10-8-22)17-19-20-18(21(17)2)23-6-5-14-11-16(24)4-3-15(14)12-23/h3-4,11,13,24H,5-10,12H2,1-2H3. The number of nitrogens with zero attached hydrogens (tertiary/aromatic N) is 5. The Bertz CT molecular complexity index is 756. The molecule has 1 atom stereocenters. The second kappa shape index (κ2) is 6.88. The van der Waals surface area contributed by atoms with Gasteiger partial charge in [-0.3, -0.25) is 9.47 Å². The van der Waals surface area contributed by atoms with Crippen molar-refractivity contribution in [3.63, 3.8) is 0 Å². The number of rotatable bonds is 3. The highest BCUT2D eigenvalue weighted by Gasteiger charge is 2.26. The van der Waals surface area contributed by atoms with Crippen molar-refractivity contribution in [2.45, 2.75) is 25.9 Å². The van der Waals surface area contributed by atoms with Gasteiger partial charge in [-0.1, -0.05) is 6.07 Å². The van der Waals surface area contributed by atoms with E-state index in [9.17, 15) is 5.11 Å². The quantitative estimate of drug-likeness (QED) is 0.907. The van der Waals surface area contributed by atoms with Gasteiger partial charge in [-0.05, 0) is 36.6 Å². The maximum absolute atomic E-state index is 9.66. The molecule has 7 heteroatoms. The van der Waals surface area contributed by atoms with Gasteiger partial charge >= 0.3 is 0 Å². The van der Waals surface area contributed by atoms with Gasteiger partial charge in [0.2, 0.25) is 5.95 Å². The summed E-state index contributed by atoms with van der Waals surface area (Å²) in [6, 6.07) is 5.95. The molecule has 1 fully saturated rings. The SMILES string of the molecule is CC(c1nnc(N2CCc3cc(O)ccc3C2)n1C)N1CCSCC1. The average molecular weight is 359 g/mol. The Kier molecular flexibility index (Phi) is 4.60. The molecular weight excluding hydrogens is 334 g/mol. The first-order valence-electron chi connectivity index (χ1n) is 8.90. The van der Waals surface area contributed by atoms with Crippen molar-refractivity contribution < 1.29 is 5.11 Å². The largest absolute Gasteiger partial charge is 0.508 e. The molecular formula is C18H25N5OS. The molecule has 1 N–H and O–H groups in total. The van der Waals surface area contributed by atoms with E-state index in [1.807, 2.05) is 23.9 Å². The van der Waals surface area contributed by atoms with Gasteiger partial charge in [0.15, 0.2) is 5.82 Å². The molecule has 0 aliphatic carbocycles. The fourth-order valence-corrected chi connectivity index (χ4v) is 4.74. The Labute approximate surface area is 152 Å². The van der Waals surface area contributed by atoms with Crippen molar-refractivity contribution in [3.8, 4) is 5.75 Å². The van der Waals surface area contributed by atoms with E-state index in [0.29, 0.717) is 11.8 Å². The second-order valence-corrected chi connectivity index (χ2v) is 8.09. The van der Waals surface area contributed by atoms with E-state index in [1.165, 1.54) is 22.6 Å². The number of aromatic nitrogens is 3. The van der Waals surface area contributed by atoms with Crippen LogP contribution in [0.2, 0.25) is 0 Å². The van der Waals surface area contributed by atoms with Gasteiger partial charge in [0.05, 0.1) is 6.04 Å². The Hall–Kier alpha value is -1.73. The van der Waals surface area contributed by atoms with Crippen molar-refractivity contribution in [1.29, 1.82) is 0 Å². The molecule has 1 aromatic carbocycles. The number of anilines is 1. The third-order valence-electron chi connectivity index (χ3n) is 5.34. The highest BCUT2D eigenvalue weighted by Crippen LogP contribution is 2.28. The summed E-state index contributed by atoms with van der Waals surface area (Å²) < 4.78 is 2.15. The zero-order chi connectivity index (χ0) is 17.4. The summed E-state index contributed by atoms with van der Waals surface area (Å²) in [6.07, 6.45) is 0.921. The normalized spacial score (nSPS) is 19.7. The van der Waals surface area contributed by atoms with E-state index < -0.39 is 0 Å². The molecule has 1 saturated heterocycles. The molecule has 2 aliphatic rings. The topological polar surface area (TPSA) is 57.4 Å². The lowest BCUT2D eigenvalue weighted by atomic mass is 10.00. The van der Waals surface area contributed by atoms with Gasteiger partial charge in [-0.25, -0.2) is 0 Å². The molecule has 0 bridgehead atoms. The summed E-state index contributed by atoms with van der Waals surface area (Å²) in [4.78, 5) is 4.78. The molecule has 1 unspecified atom stereocenters. The number of aromatic hydroxyl groups is 1. The van der Waals surface area contributed by atoms with Gasteiger partial charge in [0, 0.05) is 44.7 Å². The van der Waals surface area contributed by atoms with Gasteiger partial charge in [-0.2, -0.15) is 11.8 Å². The molecule has 0 amide bonds. The van der Waals surface area contributed by atoms with Crippen LogP contribution >= 0.6 is 11.8 Å². The molecule has 0 radical (unpaired) electrons. The summed E-state index contributed by atoms with van der Waals surface area (Å²) in [7, 11) is 2.08. The Morgan fingerprint density at radius 2 is 1.92 bits per heavy atom. The number of fused-ring (bicyclic) bond motifs is 1. The number of thioether (sulfide) groups is 1. The van der Waals surface area contributed by atoms with Crippen LogP contribution in [0.15, 0.2) is 18.2 Å². The first kappa shape index (κ1) is 16.7. The van der Waals surface area contributed by atoms with Crippen LogP contribution in [-0.2, 0) is 20.0 Å². The summed E-state index contributed by atoms with van der Waals surface area (Å²) >= 11 is 2.03. The van der Waals surface area contributed by atoms with Gasteiger partial charge in [-0.15, -0.1) is 10.2 Å². The van der Waals surface area contributed by atoms with Crippen molar-refractivity contribution in [1.82, 2.24) is 19.7 Å². The predicted octanol–water partition coefficient (Wildman–Crippen LogP) is 2.19. The minimum Gasteiger partial charge on any atom is -0.508 e. The fraction of sp³-hybridized carbons (Fsp3) is 0.556. The van der Waals surface area contributed by atoms with Crippen LogP contribution in [0.4, 0.5) is 5.95 Å². The molecule has 6 nitrogen and oxygen atoms in total. The molecule has 3 heterocycles. The maximum Gasteiger partial charge on any atom is 0.227 e. The third-order valence-corrected chi connectivity index (χ3v) is 6.28. The summed E-state index contributed by atoms with van der Waals surface area (Å²) in [5, 5.41) is 18.7. The van der Waals surface area contributed by atoms with Crippen LogP contribution in [0.25, 0.3) is 0 Å². The summed E-state index contributed by atoms with van der Waals surface area (Å²) in [5.74, 6) is 4.72. The molecule has 2 aromatic rings. The minimum absolute atomic E-state index is 0.293. The van der Waals surface area contributed by atoms with E-state index >= 15 is 0 Å². The molecule has 0 saturated carbocycles. The number of hydrogen-bond donors (Lipinski definition) is 1.